The molecule has 1 fully saturated rings. The molecule has 0 spiro atoms. The Morgan fingerprint density at radius 1 is 1.44 bits per heavy atom. The Morgan fingerprint density at radius 3 is 3.00 bits per heavy atom. The fourth-order valence-electron chi connectivity index (χ4n) is 2.17. The lowest BCUT2D eigenvalue weighted by molar-refractivity contribution is 0.559. The van der Waals surface area contributed by atoms with Gasteiger partial charge in [0, 0.05) is 15.8 Å². The summed E-state index contributed by atoms with van der Waals surface area (Å²) in [6.45, 7) is 0. The third-order valence-electron chi connectivity index (χ3n) is 3.05. The number of halogens is 1. The molecule has 0 aliphatic carbocycles. The van der Waals surface area contributed by atoms with E-state index in [1.807, 2.05) is 0 Å². The highest BCUT2D eigenvalue weighted by Gasteiger charge is 2.21. The van der Waals surface area contributed by atoms with E-state index in [9.17, 15) is 0 Å². The van der Waals surface area contributed by atoms with Crippen molar-refractivity contribution in [2.45, 2.75) is 37.0 Å². The van der Waals surface area contributed by atoms with Crippen molar-refractivity contribution in [3.05, 3.63) is 34.3 Å². The maximum Gasteiger partial charge on any atom is 0.0202 e. The topological polar surface area (TPSA) is 26.0 Å². The molecule has 2 unspecified atom stereocenters. The SMILES string of the molecule is NC(Cc1cccc(Br)c1)C1CCCCS1. The Balaban J connectivity index is 1.93. The van der Waals surface area contributed by atoms with Gasteiger partial charge in [0.05, 0.1) is 0 Å². The summed E-state index contributed by atoms with van der Waals surface area (Å²) < 4.78 is 1.15. The molecule has 1 aromatic rings. The number of hydrogen-bond donors (Lipinski definition) is 1. The second-order valence-corrected chi connectivity index (χ2v) is 6.67. The van der Waals surface area contributed by atoms with E-state index in [2.05, 4.69) is 52.0 Å². The Hall–Kier alpha value is 0.01000. The summed E-state index contributed by atoms with van der Waals surface area (Å²) >= 11 is 5.56. The fraction of sp³-hybridized carbons (Fsp3) is 0.538. The van der Waals surface area contributed by atoms with Crippen LogP contribution in [-0.2, 0) is 6.42 Å². The highest BCUT2D eigenvalue weighted by atomic mass is 79.9. The molecule has 1 nitrogen and oxygen atoms in total. The summed E-state index contributed by atoms with van der Waals surface area (Å²) in [7, 11) is 0. The van der Waals surface area contributed by atoms with Gasteiger partial charge in [-0.25, -0.2) is 0 Å². The van der Waals surface area contributed by atoms with Gasteiger partial charge in [-0.2, -0.15) is 11.8 Å². The van der Waals surface area contributed by atoms with Crippen LogP contribution in [-0.4, -0.2) is 17.0 Å². The first-order valence-electron chi connectivity index (χ1n) is 5.87. The summed E-state index contributed by atoms with van der Waals surface area (Å²) in [4.78, 5) is 0. The van der Waals surface area contributed by atoms with Gasteiger partial charge in [0.1, 0.15) is 0 Å². The number of nitrogens with two attached hydrogens (primary N) is 1. The Morgan fingerprint density at radius 2 is 2.31 bits per heavy atom. The fourth-order valence-corrected chi connectivity index (χ4v) is 3.97. The summed E-state index contributed by atoms with van der Waals surface area (Å²) in [6, 6.07) is 8.79. The molecule has 0 radical (unpaired) electrons. The Labute approximate surface area is 110 Å². The molecule has 16 heavy (non-hydrogen) atoms. The average Bonchev–Trinajstić information content (AvgIpc) is 2.30. The second kappa shape index (κ2) is 6.08. The second-order valence-electron chi connectivity index (χ2n) is 4.40. The van der Waals surface area contributed by atoms with Gasteiger partial charge in [-0.3, -0.25) is 0 Å². The van der Waals surface area contributed by atoms with Crippen LogP contribution in [0.2, 0.25) is 0 Å². The van der Waals surface area contributed by atoms with Gasteiger partial charge in [0.15, 0.2) is 0 Å². The van der Waals surface area contributed by atoms with E-state index in [4.69, 9.17) is 5.73 Å². The van der Waals surface area contributed by atoms with Crippen LogP contribution in [0.15, 0.2) is 28.7 Å². The van der Waals surface area contributed by atoms with Gasteiger partial charge in [-0.15, -0.1) is 0 Å². The molecule has 0 bridgehead atoms. The van der Waals surface area contributed by atoms with Gasteiger partial charge in [-0.05, 0) is 42.7 Å². The van der Waals surface area contributed by atoms with Crippen LogP contribution in [0, 0.1) is 0 Å². The summed E-state index contributed by atoms with van der Waals surface area (Å²) in [5.74, 6) is 1.29. The maximum atomic E-state index is 6.29. The lowest BCUT2D eigenvalue weighted by atomic mass is 10.0. The van der Waals surface area contributed by atoms with Gasteiger partial charge >= 0.3 is 0 Å². The van der Waals surface area contributed by atoms with Crippen molar-refractivity contribution >= 4 is 27.7 Å². The Bertz CT molecular complexity index is 336. The summed E-state index contributed by atoms with van der Waals surface area (Å²) in [6.07, 6.45) is 5.01. The first-order chi connectivity index (χ1) is 7.75. The molecule has 2 atom stereocenters. The van der Waals surface area contributed by atoms with Crippen molar-refractivity contribution in [1.29, 1.82) is 0 Å². The van der Waals surface area contributed by atoms with Crippen LogP contribution in [0.4, 0.5) is 0 Å². The van der Waals surface area contributed by atoms with Crippen LogP contribution >= 0.6 is 27.7 Å². The average molecular weight is 300 g/mol. The van der Waals surface area contributed by atoms with Gasteiger partial charge in [0.2, 0.25) is 0 Å². The van der Waals surface area contributed by atoms with Crippen molar-refractivity contribution in [3.63, 3.8) is 0 Å². The highest BCUT2D eigenvalue weighted by Crippen LogP contribution is 2.28. The molecule has 2 rings (SSSR count). The third-order valence-corrected chi connectivity index (χ3v) is 5.08. The van der Waals surface area contributed by atoms with E-state index >= 15 is 0 Å². The largest absolute Gasteiger partial charge is 0.326 e. The molecule has 0 saturated carbocycles. The quantitative estimate of drug-likeness (QED) is 0.923. The lowest BCUT2D eigenvalue weighted by Crippen LogP contribution is -2.36. The number of hydrogen-bond acceptors (Lipinski definition) is 2. The Kier molecular flexibility index (Phi) is 4.74. The van der Waals surface area contributed by atoms with E-state index in [1.165, 1.54) is 30.6 Å². The molecule has 1 heterocycles. The van der Waals surface area contributed by atoms with Crippen molar-refractivity contribution in [2.75, 3.05) is 5.75 Å². The van der Waals surface area contributed by atoms with Crippen LogP contribution < -0.4 is 5.73 Å². The molecule has 2 N–H and O–H groups in total. The number of benzene rings is 1. The number of thioether (sulfide) groups is 1. The van der Waals surface area contributed by atoms with Gasteiger partial charge in [-0.1, -0.05) is 34.5 Å². The van der Waals surface area contributed by atoms with Crippen molar-refractivity contribution in [1.82, 2.24) is 0 Å². The molecule has 1 aliphatic heterocycles. The maximum absolute atomic E-state index is 6.29. The number of rotatable bonds is 3. The molecule has 1 saturated heterocycles. The van der Waals surface area contributed by atoms with Crippen LogP contribution in [0.5, 0.6) is 0 Å². The van der Waals surface area contributed by atoms with E-state index in [0.717, 1.165) is 10.9 Å². The minimum Gasteiger partial charge on any atom is -0.326 e. The lowest BCUT2D eigenvalue weighted by Gasteiger charge is -2.27. The molecule has 1 aromatic carbocycles. The minimum atomic E-state index is 0.305. The van der Waals surface area contributed by atoms with Crippen molar-refractivity contribution in [2.24, 2.45) is 5.73 Å². The van der Waals surface area contributed by atoms with E-state index in [1.54, 1.807) is 0 Å². The standard InChI is InChI=1S/C13H18BrNS/c14-11-5-3-4-10(8-11)9-12(15)13-6-1-2-7-16-13/h3-5,8,12-13H,1-2,6-7,9,15H2. The van der Waals surface area contributed by atoms with E-state index in [0.29, 0.717) is 11.3 Å². The molecule has 1 aliphatic rings. The van der Waals surface area contributed by atoms with Crippen molar-refractivity contribution in [3.8, 4) is 0 Å². The minimum absolute atomic E-state index is 0.305. The zero-order valence-corrected chi connectivity index (χ0v) is 11.8. The van der Waals surface area contributed by atoms with Crippen LogP contribution in [0.3, 0.4) is 0 Å². The first-order valence-corrected chi connectivity index (χ1v) is 7.71. The van der Waals surface area contributed by atoms with Gasteiger partial charge < -0.3 is 5.73 Å². The van der Waals surface area contributed by atoms with E-state index < -0.39 is 0 Å². The predicted molar refractivity (Wildman–Crippen MR) is 75.9 cm³/mol. The zero-order valence-electron chi connectivity index (χ0n) is 9.36. The first kappa shape index (κ1) is 12.5. The molecule has 0 amide bonds. The highest BCUT2D eigenvalue weighted by molar-refractivity contribution is 9.10. The summed E-state index contributed by atoms with van der Waals surface area (Å²) in [5, 5.41) is 0.660. The third kappa shape index (κ3) is 3.51. The smallest absolute Gasteiger partial charge is 0.0202 e. The molecule has 0 aromatic heterocycles. The normalized spacial score (nSPS) is 23.0. The predicted octanol–water partition coefficient (Wildman–Crippen LogP) is 3.60. The summed E-state index contributed by atoms with van der Waals surface area (Å²) in [5.41, 5.74) is 7.64. The monoisotopic (exact) mass is 299 g/mol. The molecular weight excluding hydrogens is 282 g/mol. The van der Waals surface area contributed by atoms with E-state index in [-0.39, 0.29) is 0 Å². The zero-order chi connectivity index (χ0) is 11.4. The van der Waals surface area contributed by atoms with Crippen LogP contribution in [0.25, 0.3) is 0 Å². The molecule has 88 valence electrons. The van der Waals surface area contributed by atoms with Crippen molar-refractivity contribution < 1.29 is 0 Å². The molecule has 3 heteroatoms. The van der Waals surface area contributed by atoms with Crippen LogP contribution in [0.1, 0.15) is 24.8 Å². The van der Waals surface area contributed by atoms with Gasteiger partial charge in [0.25, 0.3) is 0 Å². The molecular formula is C13H18BrNS.